The van der Waals surface area contributed by atoms with Crippen LogP contribution in [-0.4, -0.2) is 46.6 Å². The molecule has 0 bridgehead atoms. The van der Waals surface area contributed by atoms with E-state index in [9.17, 15) is 19.5 Å². The summed E-state index contributed by atoms with van der Waals surface area (Å²) in [5.41, 5.74) is 1.94. The molecule has 7 nitrogen and oxygen atoms in total. The largest absolute Gasteiger partial charge is 0.507 e. The number of carboxylic acid groups (broad SMARTS) is 1. The van der Waals surface area contributed by atoms with E-state index in [-0.39, 0.29) is 46.0 Å². The van der Waals surface area contributed by atoms with Gasteiger partial charge in [-0.2, -0.15) is 0 Å². The lowest BCUT2D eigenvalue weighted by Crippen LogP contribution is -2.27. The van der Waals surface area contributed by atoms with Crippen molar-refractivity contribution in [1.29, 1.82) is 0 Å². The van der Waals surface area contributed by atoms with E-state index in [1.54, 1.807) is 20.8 Å². The highest BCUT2D eigenvalue weighted by Crippen LogP contribution is 2.41. The number of phenols is 1. The molecular weight excluding hydrogens is 448 g/mol. The van der Waals surface area contributed by atoms with Crippen LogP contribution in [0.3, 0.4) is 0 Å². The molecule has 33 heavy (non-hydrogen) atoms. The van der Waals surface area contributed by atoms with Gasteiger partial charge in [0, 0.05) is 12.0 Å². The maximum atomic E-state index is 12.0. The minimum Gasteiger partial charge on any atom is -0.507 e. The average molecular weight is 479 g/mol. The second kappa shape index (κ2) is 11.0. The summed E-state index contributed by atoms with van der Waals surface area (Å²) in [7, 11) is 0. The molecule has 0 spiro atoms. The Morgan fingerprint density at radius 2 is 1.97 bits per heavy atom. The quantitative estimate of drug-likeness (QED) is 0.360. The highest BCUT2D eigenvalue weighted by atomic mass is 35.5. The van der Waals surface area contributed by atoms with E-state index >= 15 is 0 Å². The minimum absolute atomic E-state index is 0.0521. The number of aromatic hydroxyl groups is 1. The molecule has 1 saturated heterocycles. The van der Waals surface area contributed by atoms with E-state index in [0.717, 1.165) is 24.0 Å². The first-order valence-electron chi connectivity index (χ1n) is 10.8. The molecule has 0 saturated carbocycles. The van der Waals surface area contributed by atoms with Crippen LogP contribution in [-0.2, 0) is 20.7 Å². The number of carbonyl (C=O) groups excluding carboxylic acids is 2. The normalized spacial score (nSPS) is 18.5. The molecular formula is C25H31ClO7. The van der Waals surface area contributed by atoms with E-state index in [4.69, 9.17) is 26.2 Å². The van der Waals surface area contributed by atoms with Crippen molar-refractivity contribution in [3.63, 3.8) is 0 Å². The highest BCUT2D eigenvalue weighted by Gasteiger charge is 2.40. The second-order valence-electron chi connectivity index (χ2n) is 8.79. The fourth-order valence-electron chi connectivity index (χ4n) is 3.66. The van der Waals surface area contributed by atoms with Crippen LogP contribution in [0.15, 0.2) is 23.3 Å². The van der Waals surface area contributed by atoms with Gasteiger partial charge in [0.05, 0.1) is 16.7 Å². The van der Waals surface area contributed by atoms with Gasteiger partial charge in [-0.25, -0.2) is 4.79 Å². The van der Waals surface area contributed by atoms with Crippen LogP contribution in [0.5, 0.6) is 11.5 Å². The van der Waals surface area contributed by atoms with Gasteiger partial charge in [-0.15, -0.1) is 0 Å². The van der Waals surface area contributed by atoms with Gasteiger partial charge in [0.1, 0.15) is 17.1 Å². The van der Waals surface area contributed by atoms with Crippen molar-refractivity contribution < 1.29 is 34.1 Å². The summed E-state index contributed by atoms with van der Waals surface area (Å²) in [6.07, 6.45) is 6.33. The Hall–Kier alpha value is -2.64. The van der Waals surface area contributed by atoms with Crippen molar-refractivity contribution in [2.75, 3.05) is 6.61 Å². The molecule has 1 fully saturated rings. The fraction of sp³-hybridized carbons (Fsp3) is 0.480. The van der Waals surface area contributed by atoms with E-state index in [0.29, 0.717) is 18.3 Å². The smallest absolute Gasteiger partial charge is 0.341 e. The number of allylic oxidation sites excluding steroid dienone is 3. The zero-order valence-corrected chi connectivity index (χ0v) is 20.4. The number of ketones is 1. The van der Waals surface area contributed by atoms with Crippen LogP contribution in [0, 0.1) is 6.92 Å². The van der Waals surface area contributed by atoms with E-state index in [1.165, 1.54) is 0 Å². The molecule has 1 aliphatic rings. The van der Waals surface area contributed by atoms with Crippen LogP contribution < -0.4 is 4.74 Å². The molecule has 1 atom stereocenters. The predicted molar refractivity (Wildman–Crippen MR) is 125 cm³/mol. The number of rotatable bonds is 10. The van der Waals surface area contributed by atoms with Crippen LogP contribution in [0.2, 0.25) is 5.02 Å². The maximum absolute atomic E-state index is 12.0. The standard InChI is InChI=1S/C25H31ClO7/c1-14(7-6-8-15(2)19-11-20(28)25(4,5)33-19)9-10-17-23(31)18(12-27)16(3)22(26)24(17)32-13-21(29)30/h8-9,12,19,31H,6-7,10-11,13H2,1-5H3,(H,29,30)/b14-9-,15-8-. The van der Waals surface area contributed by atoms with Crippen LogP contribution in [0.4, 0.5) is 0 Å². The van der Waals surface area contributed by atoms with Crippen molar-refractivity contribution in [2.24, 2.45) is 0 Å². The van der Waals surface area contributed by atoms with Crippen molar-refractivity contribution >= 4 is 29.6 Å². The number of aliphatic carboxylic acids is 1. The molecule has 180 valence electrons. The lowest BCUT2D eigenvalue weighted by Gasteiger charge is -2.18. The Bertz CT molecular complexity index is 1000. The number of carbonyl (C=O) groups is 3. The van der Waals surface area contributed by atoms with Gasteiger partial charge in [0.15, 0.2) is 18.7 Å². The van der Waals surface area contributed by atoms with Gasteiger partial charge in [0.25, 0.3) is 0 Å². The summed E-state index contributed by atoms with van der Waals surface area (Å²) in [6.45, 7) is 8.40. The Morgan fingerprint density at radius 3 is 2.52 bits per heavy atom. The molecule has 0 radical (unpaired) electrons. The molecule has 0 aromatic heterocycles. The topological polar surface area (TPSA) is 110 Å². The number of hydrogen-bond acceptors (Lipinski definition) is 6. The molecule has 2 N–H and O–H groups in total. The zero-order chi connectivity index (χ0) is 24.9. The zero-order valence-electron chi connectivity index (χ0n) is 19.7. The number of ether oxygens (including phenoxy) is 2. The molecule has 1 heterocycles. The Morgan fingerprint density at radius 1 is 1.30 bits per heavy atom. The minimum atomic E-state index is -1.18. The Labute approximate surface area is 199 Å². The summed E-state index contributed by atoms with van der Waals surface area (Å²) in [5, 5.41) is 19.6. The molecule has 2 rings (SSSR count). The fourth-order valence-corrected chi connectivity index (χ4v) is 3.93. The van der Waals surface area contributed by atoms with Gasteiger partial charge >= 0.3 is 5.97 Å². The number of hydrogen-bond donors (Lipinski definition) is 2. The third kappa shape index (κ3) is 6.45. The van der Waals surface area contributed by atoms with Gasteiger partial charge in [0.2, 0.25) is 0 Å². The van der Waals surface area contributed by atoms with E-state index in [2.05, 4.69) is 6.08 Å². The lowest BCUT2D eigenvalue weighted by atomic mass is 9.98. The number of phenolic OH excluding ortho intramolecular Hbond substituents is 1. The van der Waals surface area contributed by atoms with Crippen molar-refractivity contribution in [2.45, 2.75) is 72.0 Å². The summed E-state index contributed by atoms with van der Waals surface area (Å²) >= 11 is 6.31. The van der Waals surface area contributed by atoms with Crippen LogP contribution in [0.25, 0.3) is 0 Å². The number of benzene rings is 1. The SMILES string of the molecule is C/C(=C/Cc1c(O)c(C=O)c(C)c(Cl)c1OCC(=O)O)CC/C=C(/C)C1CC(=O)C(C)(C)O1. The predicted octanol–water partition coefficient (Wildman–Crippen LogP) is 4.98. The second-order valence-corrected chi connectivity index (χ2v) is 9.17. The molecule has 8 heteroatoms. The molecule has 0 amide bonds. The molecule has 1 aromatic rings. The van der Waals surface area contributed by atoms with Crippen LogP contribution in [0.1, 0.15) is 68.4 Å². The summed E-state index contributed by atoms with van der Waals surface area (Å²) < 4.78 is 11.2. The first kappa shape index (κ1) is 26.6. The van der Waals surface area contributed by atoms with Crippen molar-refractivity contribution in [3.8, 4) is 11.5 Å². The third-order valence-electron chi connectivity index (χ3n) is 5.85. The number of carboxylic acids is 1. The first-order valence-corrected chi connectivity index (χ1v) is 11.1. The van der Waals surface area contributed by atoms with E-state index in [1.807, 2.05) is 19.9 Å². The Kier molecular flexibility index (Phi) is 8.86. The number of halogens is 1. The first-order chi connectivity index (χ1) is 15.4. The van der Waals surface area contributed by atoms with Crippen molar-refractivity contribution in [3.05, 3.63) is 45.0 Å². The molecule has 1 aliphatic heterocycles. The monoisotopic (exact) mass is 478 g/mol. The number of aldehydes is 1. The Balaban J connectivity index is 2.14. The van der Waals surface area contributed by atoms with E-state index < -0.39 is 18.2 Å². The molecule has 1 unspecified atom stereocenters. The summed E-state index contributed by atoms with van der Waals surface area (Å²) in [4.78, 5) is 34.4. The summed E-state index contributed by atoms with van der Waals surface area (Å²) in [6, 6.07) is 0. The summed E-state index contributed by atoms with van der Waals surface area (Å²) in [5.74, 6) is -1.29. The highest BCUT2D eigenvalue weighted by molar-refractivity contribution is 6.33. The van der Waals surface area contributed by atoms with Gasteiger partial charge in [-0.3, -0.25) is 9.59 Å². The van der Waals surface area contributed by atoms with Crippen LogP contribution >= 0.6 is 11.6 Å². The average Bonchev–Trinajstić information content (AvgIpc) is 3.01. The third-order valence-corrected chi connectivity index (χ3v) is 6.31. The van der Waals surface area contributed by atoms with Crippen molar-refractivity contribution in [1.82, 2.24) is 0 Å². The van der Waals surface area contributed by atoms with Gasteiger partial charge in [-0.1, -0.05) is 29.3 Å². The molecule has 0 aliphatic carbocycles. The van der Waals surface area contributed by atoms with Gasteiger partial charge < -0.3 is 19.7 Å². The molecule has 1 aromatic carbocycles. The van der Waals surface area contributed by atoms with Gasteiger partial charge in [-0.05, 0) is 65.0 Å². The number of Topliss-reactive ketones (excluding diaryl/α,β-unsaturated/α-hetero) is 1. The lowest BCUT2D eigenvalue weighted by molar-refractivity contribution is -0.139. The maximum Gasteiger partial charge on any atom is 0.341 e.